The maximum absolute atomic E-state index is 14.3. The SMILES string of the molecule is C[C@]12C=CC(=O)C=C1CCC1C2[C@@H](O)C[C@@]2(C)C1CC1OC(C3CCCCC3)O[C@]12C(=O)COC(=O)CCCO[N+](=O)[O-]. The van der Waals surface area contributed by atoms with Crippen molar-refractivity contribution in [1.82, 2.24) is 0 Å². The highest BCUT2D eigenvalue weighted by Gasteiger charge is 2.76. The topological polar surface area (TPSA) is 152 Å². The molecule has 11 heteroatoms. The second-order valence-corrected chi connectivity index (χ2v) is 13.9. The summed E-state index contributed by atoms with van der Waals surface area (Å²) in [6.07, 6.45) is 11.3. The number of ketones is 2. The van der Waals surface area contributed by atoms with Crippen LogP contribution in [0.5, 0.6) is 0 Å². The van der Waals surface area contributed by atoms with Crippen molar-refractivity contribution in [1.29, 1.82) is 0 Å². The molecule has 0 radical (unpaired) electrons. The van der Waals surface area contributed by atoms with Crippen molar-refractivity contribution in [3.63, 3.8) is 0 Å². The van der Waals surface area contributed by atoms with Gasteiger partial charge >= 0.3 is 5.97 Å². The molecular formula is C32H43NO10. The number of Topliss-reactive ketones (excluding diaryl/α,β-unsaturated/α-hetero) is 1. The van der Waals surface area contributed by atoms with Crippen LogP contribution in [0.15, 0.2) is 23.8 Å². The molecule has 6 rings (SSSR count). The molecule has 0 spiro atoms. The van der Waals surface area contributed by atoms with E-state index in [0.717, 1.165) is 44.1 Å². The molecule has 6 aliphatic rings. The third-order valence-corrected chi connectivity index (χ3v) is 11.8. The predicted molar refractivity (Wildman–Crippen MR) is 151 cm³/mol. The molecule has 5 unspecified atom stereocenters. The van der Waals surface area contributed by atoms with Crippen molar-refractivity contribution >= 4 is 17.5 Å². The summed E-state index contributed by atoms with van der Waals surface area (Å²) >= 11 is 0. The number of rotatable bonds is 9. The first-order chi connectivity index (χ1) is 20.5. The lowest BCUT2D eigenvalue weighted by atomic mass is 9.46. The van der Waals surface area contributed by atoms with Crippen molar-refractivity contribution < 1.29 is 43.6 Å². The highest BCUT2D eigenvalue weighted by Crippen LogP contribution is 2.70. The Hall–Kier alpha value is -2.63. The van der Waals surface area contributed by atoms with Gasteiger partial charge in [0.15, 0.2) is 24.3 Å². The lowest BCUT2D eigenvalue weighted by Gasteiger charge is -2.59. The summed E-state index contributed by atoms with van der Waals surface area (Å²) in [6.45, 7) is 3.44. The quantitative estimate of drug-likeness (QED) is 0.177. The Balaban J connectivity index is 1.26. The van der Waals surface area contributed by atoms with Crippen LogP contribution >= 0.6 is 0 Å². The molecule has 1 N–H and O–H groups in total. The van der Waals surface area contributed by atoms with Gasteiger partial charge in [-0.2, -0.15) is 0 Å². The summed E-state index contributed by atoms with van der Waals surface area (Å²) in [5.41, 5.74) is -1.49. The van der Waals surface area contributed by atoms with Crippen LogP contribution in [0.2, 0.25) is 0 Å². The smallest absolute Gasteiger partial charge is 0.306 e. The molecule has 0 amide bonds. The largest absolute Gasteiger partial charge is 0.458 e. The fourth-order valence-corrected chi connectivity index (χ4v) is 9.89. The van der Waals surface area contributed by atoms with E-state index in [1.165, 1.54) is 6.42 Å². The molecule has 0 aromatic rings. The van der Waals surface area contributed by atoms with Crippen LogP contribution < -0.4 is 0 Å². The Morgan fingerprint density at radius 2 is 1.95 bits per heavy atom. The number of aliphatic hydroxyl groups is 1. The number of aliphatic hydroxyl groups excluding tert-OH is 1. The van der Waals surface area contributed by atoms with E-state index in [1.807, 2.05) is 13.0 Å². The Morgan fingerprint density at radius 1 is 1.19 bits per heavy atom. The predicted octanol–water partition coefficient (Wildman–Crippen LogP) is 4.04. The Morgan fingerprint density at radius 3 is 2.70 bits per heavy atom. The summed E-state index contributed by atoms with van der Waals surface area (Å²) < 4.78 is 18.9. The van der Waals surface area contributed by atoms with Crippen molar-refractivity contribution in [2.45, 2.75) is 109 Å². The van der Waals surface area contributed by atoms with Crippen molar-refractivity contribution in [2.75, 3.05) is 13.2 Å². The highest BCUT2D eigenvalue weighted by atomic mass is 16.9. The average molecular weight is 602 g/mol. The number of hydrogen-bond donors (Lipinski definition) is 1. The lowest BCUT2D eigenvalue weighted by Crippen LogP contribution is -2.63. The summed E-state index contributed by atoms with van der Waals surface area (Å²) in [5.74, 6) is -0.812. The first kappa shape index (κ1) is 30.4. The number of ether oxygens (including phenoxy) is 3. The van der Waals surface area contributed by atoms with Gasteiger partial charge in [0.2, 0.25) is 5.78 Å². The third kappa shape index (κ3) is 4.95. The first-order valence-corrected chi connectivity index (χ1v) is 15.9. The molecule has 0 bridgehead atoms. The summed E-state index contributed by atoms with van der Waals surface area (Å²) in [4.78, 5) is 53.6. The van der Waals surface area contributed by atoms with Crippen LogP contribution in [0.1, 0.15) is 84.5 Å². The van der Waals surface area contributed by atoms with E-state index in [1.54, 1.807) is 12.2 Å². The Kier molecular flexibility index (Phi) is 8.04. The average Bonchev–Trinajstić information content (AvgIpc) is 3.48. The van der Waals surface area contributed by atoms with Crippen LogP contribution in [0.3, 0.4) is 0 Å². The molecular weight excluding hydrogens is 558 g/mol. The molecule has 1 saturated heterocycles. The molecule has 0 aromatic carbocycles. The van der Waals surface area contributed by atoms with Gasteiger partial charge in [0.25, 0.3) is 5.09 Å². The zero-order valence-electron chi connectivity index (χ0n) is 25.0. The molecule has 11 nitrogen and oxygen atoms in total. The van der Waals surface area contributed by atoms with Crippen LogP contribution in [0.4, 0.5) is 0 Å². The molecule has 9 atom stereocenters. The fourth-order valence-electron chi connectivity index (χ4n) is 9.89. The van der Waals surface area contributed by atoms with E-state index in [9.17, 15) is 29.6 Å². The molecule has 1 heterocycles. The molecule has 43 heavy (non-hydrogen) atoms. The fraction of sp³-hybridized carbons (Fsp3) is 0.781. The maximum Gasteiger partial charge on any atom is 0.306 e. The molecule has 5 fully saturated rings. The van der Waals surface area contributed by atoms with Gasteiger partial charge in [-0.05, 0) is 68.9 Å². The van der Waals surface area contributed by atoms with E-state index < -0.39 is 52.6 Å². The second kappa shape index (κ2) is 11.4. The van der Waals surface area contributed by atoms with Gasteiger partial charge in [0.05, 0.1) is 18.8 Å². The molecule has 1 aliphatic heterocycles. The maximum atomic E-state index is 14.3. The minimum absolute atomic E-state index is 0.0172. The molecule has 236 valence electrons. The van der Waals surface area contributed by atoms with E-state index in [0.29, 0.717) is 12.8 Å². The van der Waals surface area contributed by atoms with E-state index in [4.69, 9.17) is 14.2 Å². The van der Waals surface area contributed by atoms with Gasteiger partial charge in [0.1, 0.15) is 0 Å². The van der Waals surface area contributed by atoms with Gasteiger partial charge in [-0.25, -0.2) is 0 Å². The summed E-state index contributed by atoms with van der Waals surface area (Å²) in [5, 5.41) is 21.4. The number of carbonyl (C=O) groups is 3. The van der Waals surface area contributed by atoms with Crippen LogP contribution in [0, 0.1) is 44.6 Å². The Labute approximate surface area is 251 Å². The minimum Gasteiger partial charge on any atom is -0.458 e. The van der Waals surface area contributed by atoms with E-state index >= 15 is 0 Å². The lowest BCUT2D eigenvalue weighted by molar-refractivity contribution is -0.757. The van der Waals surface area contributed by atoms with Gasteiger partial charge in [0, 0.05) is 29.1 Å². The van der Waals surface area contributed by atoms with Crippen LogP contribution in [0.25, 0.3) is 0 Å². The highest BCUT2D eigenvalue weighted by molar-refractivity contribution is 6.01. The van der Waals surface area contributed by atoms with Crippen molar-refractivity contribution in [2.24, 2.45) is 34.5 Å². The van der Waals surface area contributed by atoms with Gasteiger partial charge < -0.3 is 24.2 Å². The van der Waals surface area contributed by atoms with Gasteiger partial charge in [-0.3, -0.25) is 14.4 Å². The van der Waals surface area contributed by atoms with Crippen LogP contribution in [-0.4, -0.2) is 65.0 Å². The Bertz CT molecular complexity index is 1220. The molecule has 0 aromatic heterocycles. The van der Waals surface area contributed by atoms with Crippen molar-refractivity contribution in [3.8, 4) is 0 Å². The van der Waals surface area contributed by atoms with E-state index in [2.05, 4.69) is 11.8 Å². The number of allylic oxidation sites excluding steroid dienone is 4. The number of hydrogen-bond acceptors (Lipinski definition) is 10. The van der Waals surface area contributed by atoms with Gasteiger partial charge in [-0.15, -0.1) is 10.1 Å². The molecule has 5 aliphatic carbocycles. The van der Waals surface area contributed by atoms with Crippen LogP contribution in [-0.2, 0) is 33.4 Å². The third-order valence-electron chi connectivity index (χ3n) is 11.8. The van der Waals surface area contributed by atoms with Crippen molar-refractivity contribution in [3.05, 3.63) is 33.9 Å². The number of fused-ring (bicyclic) bond motifs is 7. The normalized spacial score (nSPS) is 41.8. The number of carbonyl (C=O) groups excluding carboxylic acids is 3. The summed E-state index contributed by atoms with van der Waals surface area (Å²) in [6, 6.07) is 0. The first-order valence-electron chi connectivity index (χ1n) is 15.9. The zero-order chi connectivity index (χ0) is 30.6. The van der Waals surface area contributed by atoms with Gasteiger partial charge in [-0.1, -0.05) is 44.8 Å². The number of esters is 1. The van der Waals surface area contributed by atoms with E-state index in [-0.39, 0.29) is 54.7 Å². The second-order valence-electron chi connectivity index (χ2n) is 13.9. The summed E-state index contributed by atoms with van der Waals surface area (Å²) in [7, 11) is 0. The monoisotopic (exact) mass is 601 g/mol. The standard InChI is InChI=1S/C32H43NO10/c1-30-13-12-21(34)15-20(30)10-11-22-23-16-26-32(31(23,2)17-24(35)28(22)30,43-29(42-26)19-7-4-3-5-8-19)25(36)18-40-27(37)9-6-14-41-33(38)39/h12-13,15,19,22-24,26,28-29,35H,3-11,14,16-18H2,1-2H3/t22?,23?,24-,26?,28?,29?,30-,31-,32+/m0/s1. The number of nitrogens with zero attached hydrogens (tertiary/aromatic N) is 1. The minimum atomic E-state index is -1.36. The molecule has 4 saturated carbocycles. The zero-order valence-corrected chi connectivity index (χ0v) is 25.0.